The smallest absolute Gasteiger partial charge is 0.356 e. The van der Waals surface area contributed by atoms with E-state index in [-0.39, 0.29) is 5.69 Å². The molecule has 2 N–H and O–H groups in total. The third-order valence-electron chi connectivity index (χ3n) is 4.23. The van der Waals surface area contributed by atoms with Gasteiger partial charge in [0.15, 0.2) is 11.5 Å². The molecule has 0 spiro atoms. The molecule has 0 atom stereocenters. The minimum atomic E-state index is -0.573. The summed E-state index contributed by atoms with van der Waals surface area (Å²) in [6, 6.07) is 10.8. The first-order valence-electron chi connectivity index (χ1n) is 8.57. The predicted octanol–water partition coefficient (Wildman–Crippen LogP) is 4.39. The summed E-state index contributed by atoms with van der Waals surface area (Å²) in [5, 5.41) is 3.45. The topological polar surface area (TPSA) is 89.7 Å². The first-order valence-corrected chi connectivity index (χ1v) is 9.36. The van der Waals surface area contributed by atoms with Gasteiger partial charge in [-0.15, -0.1) is 0 Å². The summed E-state index contributed by atoms with van der Waals surface area (Å²) in [5.41, 5.74) is 1.99. The lowest BCUT2D eigenvalue weighted by Gasteiger charge is -2.07. The number of ether oxygens (including phenoxy) is 3. The highest BCUT2D eigenvalue weighted by molar-refractivity contribution is 9.10. The van der Waals surface area contributed by atoms with Crippen LogP contribution in [0.3, 0.4) is 0 Å². The highest BCUT2D eigenvalue weighted by Gasteiger charge is 2.19. The van der Waals surface area contributed by atoms with Crippen molar-refractivity contribution in [2.45, 2.75) is 0 Å². The Morgan fingerprint density at radius 2 is 1.79 bits per heavy atom. The molecule has 0 unspecified atom stereocenters. The van der Waals surface area contributed by atoms with E-state index in [1.54, 1.807) is 44.6 Å². The molecule has 0 aliphatic carbocycles. The molecule has 2 aromatic carbocycles. The second kappa shape index (κ2) is 8.83. The Hall–Kier alpha value is -3.26. The fraction of sp³-hybridized carbons (Fsp3) is 0.143. The highest BCUT2D eigenvalue weighted by atomic mass is 79.9. The summed E-state index contributed by atoms with van der Waals surface area (Å²) >= 11 is 3.40. The number of anilines is 1. The van der Waals surface area contributed by atoms with E-state index in [2.05, 4.69) is 26.2 Å². The number of benzene rings is 2. The van der Waals surface area contributed by atoms with Crippen LogP contribution in [0.2, 0.25) is 0 Å². The number of aromatic nitrogens is 1. The van der Waals surface area contributed by atoms with Crippen molar-refractivity contribution in [3.05, 3.63) is 58.2 Å². The number of H-pyrrole nitrogens is 1. The van der Waals surface area contributed by atoms with E-state index >= 15 is 0 Å². The molecule has 1 heterocycles. The lowest BCUT2D eigenvalue weighted by atomic mass is 10.2. The molecule has 0 radical (unpaired) electrons. The number of fused-ring (bicyclic) bond motifs is 1. The molecule has 3 rings (SSSR count). The van der Waals surface area contributed by atoms with Gasteiger partial charge in [-0.25, -0.2) is 4.79 Å². The molecule has 29 heavy (non-hydrogen) atoms. The van der Waals surface area contributed by atoms with Gasteiger partial charge in [0.25, 0.3) is 0 Å². The summed E-state index contributed by atoms with van der Waals surface area (Å²) in [4.78, 5) is 27.6. The van der Waals surface area contributed by atoms with E-state index in [4.69, 9.17) is 14.2 Å². The summed E-state index contributed by atoms with van der Waals surface area (Å²) in [7, 11) is 4.38. The number of amides is 1. The van der Waals surface area contributed by atoms with Crippen LogP contribution in [0, 0.1) is 0 Å². The fourth-order valence-electron chi connectivity index (χ4n) is 2.84. The van der Waals surface area contributed by atoms with Gasteiger partial charge in [0.2, 0.25) is 5.91 Å². The highest BCUT2D eigenvalue weighted by Crippen LogP contribution is 2.31. The second-order valence-electron chi connectivity index (χ2n) is 5.99. The van der Waals surface area contributed by atoms with E-state index in [0.29, 0.717) is 28.1 Å². The van der Waals surface area contributed by atoms with Crippen molar-refractivity contribution in [3.8, 4) is 11.5 Å². The minimum absolute atomic E-state index is 0.175. The van der Waals surface area contributed by atoms with Gasteiger partial charge in [-0.1, -0.05) is 22.0 Å². The SMILES string of the molecule is COC(=O)c1[nH]c2ccc(Br)cc2c1NC(=O)/C=C/c1ccc(OC)c(OC)c1. The van der Waals surface area contributed by atoms with E-state index in [1.807, 2.05) is 12.1 Å². The number of nitrogens with one attached hydrogen (secondary N) is 2. The quantitative estimate of drug-likeness (QED) is 0.422. The first kappa shape index (κ1) is 20.5. The predicted molar refractivity (Wildman–Crippen MR) is 115 cm³/mol. The zero-order valence-electron chi connectivity index (χ0n) is 16.0. The molecule has 7 nitrogen and oxygen atoms in total. The number of esters is 1. The van der Waals surface area contributed by atoms with Gasteiger partial charge in [0, 0.05) is 21.5 Å². The van der Waals surface area contributed by atoms with Gasteiger partial charge in [-0.2, -0.15) is 0 Å². The Balaban J connectivity index is 1.89. The maximum atomic E-state index is 12.5. The number of hydrogen-bond acceptors (Lipinski definition) is 5. The molecule has 3 aromatic rings. The third-order valence-corrected chi connectivity index (χ3v) is 4.73. The molecule has 0 fully saturated rings. The molecule has 0 aliphatic heterocycles. The monoisotopic (exact) mass is 458 g/mol. The number of carbonyl (C=O) groups is 2. The average molecular weight is 459 g/mol. The molecule has 0 aliphatic rings. The maximum absolute atomic E-state index is 12.5. The van der Waals surface area contributed by atoms with Gasteiger partial charge >= 0.3 is 5.97 Å². The molecule has 0 saturated carbocycles. The molecular weight excluding hydrogens is 440 g/mol. The van der Waals surface area contributed by atoms with Crippen LogP contribution >= 0.6 is 15.9 Å². The van der Waals surface area contributed by atoms with Gasteiger partial charge in [0.1, 0.15) is 5.69 Å². The Bertz CT molecular complexity index is 1100. The number of methoxy groups -OCH3 is 3. The van der Waals surface area contributed by atoms with E-state index in [9.17, 15) is 9.59 Å². The van der Waals surface area contributed by atoms with Crippen molar-refractivity contribution in [2.24, 2.45) is 0 Å². The zero-order valence-corrected chi connectivity index (χ0v) is 17.6. The molecule has 0 bridgehead atoms. The minimum Gasteiger partial charge on any atom is -0.493 e. The number of hydrogen-bond donors (Lipinski definition) is 2. The van der Waals surface area contributed by atoms with Crippen molar-refractivity contribution in [2.75, 3.05) is 26.6 Å². The van der Waals surface area contributed by atoms with Crippen LogP contribution in [0.15, 0.2) is 46.9 Å². The normalized spacial score (nSPS) is 10.9. The van der Waals surface area contributed by atoms with E-state index in [0.717, 1.165) is 10.0 Å². The Kier molecular flexibility index (Phi) is 6.23. The largest absolute Gasteiger partial charge is 0.493 e. The lowest BCUT2D eigenvalue weighted by molar-refractivity contribution is -0.111. The van der Waals surface area contributed by atoms with Crippen LogP contribution in [0.4, 0.5) is 5.69 Å². The van der Waals surface area contributed by atoms with E-state index in [1.165, 1.54) is 13.2 Å². The number of carbonyl (C=O) groups excluding carboxylic acids is 2. The number of halogens is 1. The van der Waals surface area contributed by atoms with Crippen LogP contribution in [0.25, 0.3) is 17.0 Å². The molecule has 0 saturated heterocycles. The van der Waals surface area contributed by atoms with Crippen LogP contribution in [0.1, 0.15) is 16.1 Å². The lowest BCUT2D eigenvalue weighted by Crippen LogP contribution is -2.12. The van der Waals surface area contributed by atoms with Crippen LogP contribution in [-0.4, -0.2) is 38.2 Å². The molecule has 8 heteroatoms. The zero-order chi connectivity index (χ0) is 21.0. The molecule has 1 aromatic heterocycles. The second-order valence-corrected chi connectivity index (χ2v) is 6.91. The summed E-state index contributed by atoms with van der Waals surface area (Å²) < 4.78 is 16.1. The van der Waals surface area contributed by atoms with Gasteiger partial charge in [0.05, 0.1) is 27.0 Å². The third kappa shape index (κ3) is 4.43. The number of aromatic amines is 1. The Morgan fingerprint density at radius 3 is 2.48 bits per heavy atom. The molecular formula is C21H19BrN2O5. The Labute approximate surface area is 175 Å². The van der Waals surface area contributed by atoms with E-state index < -0.39 is 11.9 Å². The van der Waals surface area contributed by atoms with Crippen LogP contribution in [0.5, 0.6) is 11.5 Å². The van der Waals surface area contributed by atoms with Crippen molar-refractivity contribution in [1.29, 1.82) is 0 Å². The number of rotatable bonds is 6. The fourth-order valence-corrected chi connectivity index (χ4v) is 3.20. The van der Waals surface area contributed by atoms with Gasteiger partial charge in [-0.05, 0) is 42.0 Å². The van der Waals surface area contributed by atoms with Crippen LogP contribution < -0.4 is 14.8 Å². The maximum Gasteiger partial charge on any atom is 0.356 e. The van der Waals surface area contributed by atoms with Crippen molar-refractivity contribution < 1.29 is 23.8 Å². The summed E-state index contributed by atoms with van der Waals surface area (Å²) in [6.07, 6.45) is 3.01. The van der Waals surface area contributed by atoms with Gasteiger partial charge in [-0.3, -0.25) is 4.79 Å². The summed E-state index contributed by atoms with van der Waals surface area (Å²) in [6.45, 7) is 0. The summed E-state index contributed by atoms with van der Waals surface area (Å²) in [5.74, 6) is 0.188. The molecule has 150 valence electrons. The first-order chi connectivity index (χ1) is 14.0. The van der Waals surface area contributed by atoms with Gasteiger partial charge < -0.3 is 24.5 Å². The van der Waals surface area contributed by atoms with Crippen molar-refractivity contribution in [3.63, 3.8) is 0 Å². The Morgan fingerprint density at radius 1 is 1.03 bits per heavy atom. The standard InChI is InChI=1S/C21H19BrN2O5/c1-27-16-8-4-12(10-17(16)28-2)5-9-18(25)24-19-14-11-13(22)6-7-15(14)23-20(19)21(26)29-3/h4-11,23H,1-3H3,(H,24,25)/b9-5+. The van der Waals surface area contributed by atoms with Crippen LogP contribution in [-0.2, 0) is 9.53 Å². The average Bonchev–Trinajstić information content (AvgIpc) is 3.08. The van der Waals surface area contributed by atoms with Crippen molar-refractivity contribution in [1.82, 2.24) is 4.98 Å². The van der Waals surface area contributed by atoms with Crippen molar-refractivity contribution >= 4 is 50.5 Å². The molecule has 1 amide bonds.